The summed E-state index contributed by atoms with van der Waals surface area (Å²) >= 11 is 3.13. The van der Waals surface area contributed by atoms with Crippen LogP contribution >= 0.6 is 22.7 Å². The molecule has 5 heteroatoms. The summed E-state index contributed by atoms with van der Waals surface area (Å²) in [7, 11) is 0. The van der Waals surface area contributed by atoms with Crippen LogP contribution < -0.4 is 5.32 Å². The Labute approximate surface area is 143 Å². The molecule has 0 atom stereocenters. The van der Waals surface area contributed by atoms with E-state index in [1.165, 1.54) is 29.7 Å². The standard InChI is InChI=1S/C18H18N2OS2/c1-2-3-5-13-7-9-15-16(12-13)23-18(19-15)20-17(21)10-8-14-6-4-11-22-14/h4,6-12H,2-3,5H2,1H3,(H,19,20,21)/b10-8+. The summed E-state index contributed by atoms with van der Waals surface area (Å²) in [4.78, 5) is 17.5. The molecule has 23 heavy (non-hydrogen) atoms. The van der Waals surface area contributed by atoms with Crippen LogP contribution in [0.25, 0.3) is 16.3 Å². The summed E-state index contributed by atoms with van der Waals surface area (Å²) in [5, 5.41) is 5.48. The molecule has 0 bridgehead atoms. The molecule has 0 saturated heterocycles. The van der Waals surface area contributed by atoms with Crippen LogP contribution in [-0.2, 0) is 11.2 Å². The summed E-state index contributed by atoms with van der Waals surface area (Å²) in [5.41, 5.74) is 2.27. The molecule has 0 saturated carbocycles. The molecule has 0 spiro atoms. The van der Waals surface area contributed by atoms with Gasteiger partial charge in [0.15, 0.2) is 5.13 Å². The molecule has 0 aliphatic rings. The smallest absolute Gasteiger partial charge is 0.250 e. The van der Waals surface area contributed by atoms with Gasteiger partial charge in [-0.3, -0.25) is 10.1 Å². The molecule has 2 aromatic heterocycles. The van der Waals surface area contributed by atoms with Crippen molar-refractivity contribution in [3.63, 3.8) is 0 Å². The molecule has 1 aromatic carbocycles. The molecule has 2 heterocycles. The van der Waals surface area contributed by atoms with Gasteiger partial charge < -0.3 is 0 Å². The molecule has 3 rings (SSSR count). The largest absolute Gasteiger partial charge is 0.298 e. The van der Waals surface area contributed by atoms with E-state index < -0.39 is 0 Å². The third-order valence-electron chi connectivity index (χ3n) is 3.44. The van der Waals surface area contributed by atoms with E-state index in [9.17, 15) is 4.79 Å². The highest BCUT2D eigenvalue weighted by atomic mass is 32.1. The second-order valence-corrected chi connectivity index (χ2v) is 7.27. The van der Waals surface area contributed by atoms with Crippen LogP contribution in [-0.4, -0.2) is 10.9 Å². The maximum Gasteiger partial charge on any atom is 0.250 e. The number of carbonyl (C=O) groups excluding carboxylic acids is 1. The van der Waals surface area contributed by atoms with Gasteiger partial charge in [0.2, 0.25) is 5.91 Å². The van der Waals surface area contributed by atoms with E-state index in [1.807, 2.05) is 29.7 Å². The minimum atomic E-state index is -0.149. The lowest BCUT2D eigenvalue weighted by Crippen LogP contribution is -2.06. The van der Waals surface area contributed by atoms with E-state index in [0.717, 1.165) is 21.5 Å². The number of nitrogens with one attached hydrogen (secondary N) is 1. The van der Waals surface area contributed by atoms with Crippen molar-refractivity contribution in [3.05, 3.63) is 52.2 Å². The third kappa shape index (κ3) is 4.27. The van der Waals surface area contributed by atoms with Gasteiger partial charge >= 0.3 is 0 Å². The van der Waals surface area contributed by atoms with Crippen LogP contribution in [0.5, 0.6) is 0 Å². The average Bonchev–Trinajstić information content (AvgIpc) is 3.19. The fraction of sp³-hybridized carbons (Fsp3) is 0.222. The highest BCUT2D eigenvalue weighted by Crippen LogP contribution is 2.27. The topological polar surface area (TPSA) is 42.0 Å². The fourth-order valence-electron chi connectivity index (χ4n) is 2.25. The van der Waals surface area contributed by atoms with E-state index in [0.29, 0.717) is 5.13 Å². The van der Waals surface area contributed by atoms with Gasteiger partial charge in [-0.2, -0.15) is 0 Å². The number of benzene rings is 1. The molecule has 118 valence electrons. The zero-order chi connectivity index (χ0) is 16.1. The molecule has 0 unspecified atom stereocenters. The molecule has 0 aliphatic carbocycles. The van der Waals surface area contributed by atoms with Gasteiger partial charge in [-0.1, -0.05) is 36.8 Å². The number of hydrogen-bond donors (Lipinski definition) is 1. The minimum absolute atomic E-state index is 0.149. The first-order valence-electron chi connectivity index (χ1n) is 7.66. The van der Waals surface area contributed by atoms with Gasteiger partial charge in [0.05, 0.1) is 10.2 Å². The number of hydrogen-bond acceptors (Lipinski definition) is 4. The van der Waals surface area contributed by atoms with Gasteiger partial charge in [0, 0.05) is 11.0 Å². The lowest BCUT2D eigenvalue weighted by atomic mass is 10.1. The number of thiazole rings is 1. The summed E-state index contributed by atoms with van der Waals surface area (Å²) in [6, 6.07) is 10.3. The minimum Gasteiger partial charge on any atom is -0.298 e. The maximum atomic E-state index is 12.0. The predicted molar refractivity (Wildman–Crippen MR) is 100 cm³/mol. The maximum absolute atomic E-state index is 12.0. The number of fused-ring (bicyclic) bond motifs is 1. The van der Waals surface area contributed by atoms with Crippen LogP contribution in [0.4, 0.5) is 5.13 Å². The van der Waals surface area contributed by atoms with Crippen molar-refractivity contribution in [3.8, 4) is 0 Å². The SMILES string of the molecule is CCCCc1ccc2nc(NC(=O)/C=C/c3cccs3)sc2c1. The summed E-state index contributed by atoms with van der Waals surface area (Å²) in [5.74, 6) is -0.149. The first-order valence-corrected chi connectivity index (χ1v) is 9.36. The molecular weight excluding hydrogens is 324 g/mol. The van der Waals surface area contributed by atoms with Crippen molar-refractivity contribution in [1.29, 1.82) is 0 Å². The number of aryl methyl sites for hydroxylation is 1. The Kier molecular flexibility index (Phi) is 5.20. The van der Waals surface area contributed by atoms with E-state index in [1.54, 1.807) is 17.4 Å². The van der Waals surface area contributed by atoms with Crippen molar-refractivity contribution in [2.75, 3.05) is 5.32 Å². The Bertz CT molecular complexity index is 819. The van der Waals surface area contributed by atoms with Crippen molar-refractivity contribution in [1.82, 2.24) is 4.98 Å². The Morgan fingerprint density at radius 3 is 3.04 bits per heavy atom. The molecule has 1 N–H and O–H groups in total. The number of anilines is 1. The molecule has 3 nitrogen and oxygen atoms in total. The number of unbranched alkanes of at least 4 members (excludes halogenated alkanes) is 1. The number of thiophene rings is 1. The molecule has 0 radical (unpaired) electrons. The second kappa shape index (κ2) is 7.53. The van der Waals surface area contributed by atoms with Gasteiger partial charge in [-0.05, 0) is 48.1 Å². The second-order valence-electron chi connectivity index (χ2n) is 5.26. The zero-order valence-electron chi connectivity index (χ0n) is 12.9. The first-order chi connectivity index (χ1) is 11.2. The summed E-state index contributed by atoms with van der Waals surface area (Å²) in [6.07, 6.45) is 6.84. The number of amides is 1. The van der Waals surface area contributed by atoms with Crippen molar-refractivity contribution < 1.29 is 4.79 Å². The van der Waals surface area contributed by atoms with E-state index in [2.05, 4.69) is 29.4 Å². The van der Waals surface area contributed by atoms with Crippen LogP contribution in [0, 0.1) is 0 Å². The highest BCUT2D eigenvalue weighted by Gasteiger charge is 2.06. The van der Waals surface area contributed by atoms with Crippen LogP contribution in [0.1, 0.15) is 30.2 Å². The molecule has 1 amide bonds. The van der Waals surface area contributed by atoms with Crippen molar-refractivity contribution >= 4 is 50.0 Å². The number of rotatable bonds is 6. The molecule has 0 aliphatic heterocycles. The average molecular weight is 342 g/mol. The van der Waals surface area contributed by atoms with Crippen LogP contribution in [0.2, 0.25) is 0 Å². The Morgan fingerprint density at radius 2 is 2.26 bits per heavy atom. The van der Waals surface area contributed by atoms with Gasteiger partial charge in [0.25, 0.3) is 0 Å². The Hall–Kier alpha value is -1.98. The van der Waals surface area contributed by atoms with E-state index in [4.69, 9.17) is 0 Å². The lowest BCUT2D eigenvalue weighted by Gasteiger charge is -1.98. The zero-order valence-corrected chi connectivity index (χ0v) is 14.5. The quantitative estimate of drug-likeness (QED) is 0.613. The van der Waals surface area contributed by atoms with Crippen molar-refractivity contribution in [2.45, 2.75) is 26.2 Å². The van der Waals surface area contributed by atoms with Crippen molar-refractivity contribution in [2.24, 2.45) is 0 Å². The van der Waals surface area contributed by atoms with Crippen LogP contribution in [0.3, 0.4) is 0 Å². The van der Waals surface area contributed by atoms with Gasteiger partial charge in [0.1, 0.15) is 0 Å². The Morgan fingerprint density at radius 1 is 1.35 bits per heavy atom. The molecular formula is C18H18N2OS2. The third-order valence-corrected chi connectivity index (χ3v) is 5.22. The molecule has 0 fully saturated rings. The van der Waals surface area contributed by atoms with Gasteiger partial charge in [-0.25, -0.2) is 4.98 Å². The fourth-order valence-corrected chi connectivity index (χ4v) is 3.80. The normalized spacial score (nSPS) is 11.3. The number of carbonyl (C=O) groups is 1. The van der Waals surface area contributed by atoms with E-state index in [-0.39, 0.29) is 5.91 Å². The first kappa shape index (κ1) is 15.9. The van der Waals surface area contributed by atoms with Gasteiger partial charge in [-0.15, -0.1) is 11.3 Å². The summed E-state index contributed by atoms with van der Waals surface area (Å²) in [6.45, 7) is 2.20. The number of aromatic nitrogens is 1. The Balaban J connectivity index is 1.69. The monoisotopic (exact) mass is 342 g/mol. The molecule has 3 aromatic rings. The summed E-state index contributed by atoms with van der Waals surface area (Å²) < 4.78 is 1.12. The van der Waals surface area contributed by atoms with E-state index >= 15 is 0 Å². The predicted octanol–water partition coefficient (Wildman–Crippen LogP) is 5.35. The van der Waals surface area contributed by atoms with Crippen LogP contribution in [0.15, 0.2) is 41.8 Å². The highest BCUT2D eigenvalue weighted by molar-refractivity contribution is 7.22. The number of nitrogens with zero attached hydrogens (tertiary/aromatic N) is 1. The lowest BCUT2D eigenvalue weighted by molar-refractivity contribution is -0.111.